The van der Waals surface area contributed by atoms with E-state index >= 15 is 0 Å². The molecule has 0 atom stereocenters. The molecule has 3 heteroatoms. The molecule has 0 bridgehead atoms. The normalized spacial score (nSPS) is 18.3. The molecule has 0 heterocycles. The molecule has 0 unspecified atom stereocenters. The molecule has 1 saturated carbocycles. The monoisotopic (exact) mass is 198 g/mol. The van der Waals surface area contributed by atoms with Crippen molar-refractivity contribution >= 4 is 5.91 Å². The maximum Gasteiger partial charge on any atom is 0.221 e. The van der Waals surface area contributed by atoms with E-state index in [1.807, 2.05) is 7.05 Å². The molecule has 1 aliphatic carbocycles. The minimum Gasteiger partial charge on any atom is -0.355 e. The molecule has 2 N–H and O–H groups in total. The minimum absolute atomic E-state index is 0.172. The Balaban J connectivity index is 2.17. The second kappa shape index (κ2) is 4.78. The Labute approximate surface area is 86.6 Å². The molecule has 3 nitrogen and oxygen atoms in total. The average molecular weight is 198 g/mol. The topological polar surface area (TPSA) is 41.1 Å². The first-order valence-electron chi connectivity index (χ1n) is 5.52. The first-order chi connectivity index (χ1) is 6.60. The highest BCUT2D eigenvalue weighted by atomic mass is 16.1. The fraction of sp³-hybridized carbons (Fsp3) is 0.909. The summed E-state index contributed by atoms with van der Waals surface area (Å²) in [5, 5.41) is 6.00. The highest BCUT2D eigenvalue weighted by Gasteiger charge is 2.45. The zero-order valence-corrected chi connectivity index (χ0v) is 9.52. The van der Waals surface area contributed by atoms with Crippen molar-refractivity contribution in [3.63, 3.8) is 0 Å². The van der Waals surface area contributed by atoms with Crippen molar-refractivity contribution in [1.82, 2.24) is 10.6 Å². The summed E-state index contributed by atoms with van der Waals surface area (Å²) in [7, 11) is 1.86. The number of carbonyl (C=O) groups is 1. The first-order valence-corrected chi connectivity index (χ1v) is 5.52. The Hall–Kier alpha value is -0.570. The highest BCUT2D eigenvalue weighted by molar-refractivity contribution is 5.76. The van der Waals surface area contributed by atoms with Gasteiger partial charge < -0.3 is 10.6 Å². The van der Waals surface area contributed by atoms with Crippen LogP contribution in [0, 0.1) is 11.3 Å². The molecule has 14 heavy (non-hydrogen) atoms. The van der Waals surface area contributed by atoms with Crippen molar-refractivity contribution < 1.29 is 4.79 Å². The third kappa shape index (κ3) is 2.98. The Kier molecular flexibility index (Phi) is 3.93. The Morgan fingerprint density at radius 2 is 2.07 bits per heavy atom. The summed E-state index contributed by atoms with van der Waals surface area (Å²) in [5.74, 6) is 0.860. The molecule has 0 aliphatic heterocycles. The van der Waals surface area contributed by atoms with Crippen molar-refractivity contribution in [2.75, 3.05) is 20.1 Å². The lowest BCUT2D eigenvalue weighted by Crippen LogP contribution is -2.33. The molecule has 1 rings (SSSR count). The fourth-order valence-corrected chi connectivity index (χ4v) is 1.72. The molecule has 1 amide bonds. The molecule has 0 aromatic carbocycles. The van der Waals surface area contributed by atoms with Crippen LogP contribution in [-0.4, -0.2) is 26.0 Å². The zero-order chi connectivity index (χ0) is 10.6. The van der Waals surface area contributed by atoms with Crippen LogP contribution in [0.4, 0.5) is 0 Å². The number of carbonyl (C=O) groups excluding carboxylic acids is 1. The molecule has 0 aromatic rings. The van der Waals surface area contributed by atoms with Gasteiger partial charge in [0, 0.05) is 19.5 Å². The van der Waals surface area contributed by atoms with E-state index in [0.29, 0.717) is 17.8 Å². The van der Waals surface area contributed by atoms with Crippen LogP contribution in [0.25, 0.3) is 0 Å². The van der Waals surface area contributed by atoms with Crippen LogP contribution < -0.4 is 10.6 Å². The van der Waals surface area contributed by atoms with Crippen molar-refractivity contribution in [2.24, 2.45) is 11.3 Å². The van der Waals surface area contributed by atoms with Crippen LogP contribution >= 0.6 is 0 Å². The first kappa shape index (κ1) is 11.5. The Morgan fingerprint density at radius 1 is 1.43 bits per heavy atom. The van der Waals surface area contributed by atoms with Crippen LogP contribution in [0.1, 0.15) is 33.1 Å². The number of hydrogen-bond acceptors (Lipinski definition) is 2. The van der Waals surface area contributed by atoms with Crippen molar-refractivity contribution in [3.05, 3.63) is 0 Å². The van der Waals surface area contributed by atoms with Gasteiger partial charge in [0.2, 0.25) is 5.91 Å². The van der Waals surface area contributed by atoms with Crippen LogP contribution in [0.2, 0.25) is 0 Å². The maximum atomic E-state index is 11.3. The summed E-state index contributed by atoms with van der Waals surface area (Å²) in [5.41, 5.74) is 0.426. The van der Waals surface area contributed by atoms with Gasteiger partial charge in [0.25, 0.3) is 0 Å². The molecule has 1 fully saturated rings. The molecule has 1 aliphatic rings. The highest BCUT2D eigenvalue weighted by Crippen LogP contribution is 2.51. The van der Waals surface area contributed by atoms with E-state index in [0.717, 1.165) is 13.1 Å². The van der Waals surface area contributed by atoms with E-state index in [1.54, 1.807) is 0 Å². The van der Waals surface area contributed by atoms with Crippen LogP contribution in [0.5, 0.6) is 0 Å². The van der Waals surface area contributed by atoms with Gasteiger partial charge in [0.15, 0.2) is 0 Å². The van der Waals surface area contributed by atoms with Gasteiger partial charge in [-0.25, -0.2) is 0 Å². The maximum absolute atomic E-state index is 11.3. The molecule has 82 valence electrons. The quantitative estimate of drug-likeness (QED) is 0.672. The standard InChI is InChI=1S/C11H22N2O/c1-9(2)11(5-6-11)8-13-10(14)4-7-12-3/h9,12H,4-8H2,1-3H3,(H,13,14). The third-order valence-corrected chi connectivity index (χ3v) is 3.36. The van der Waals surface area contributed by atoms with Crippen molar-refractivity contribution in [1.29, 1.82) is 0 Å². The van der Waals surface area contributed by atoms with E-state index in [1.165, 1.54) is 12.8 Å². The average Bonchev–Trinajstić information content (AvgIpc) is 2.92. The van der Waals surface area contributed by atoms with E-state index in [4.69, 9.17) is 0 Å². The van der Waals surface area contributed by atoms with Crippen molar-refractivity contribution in [2.45, 2.75) is 33.1 Å². The van der Waals surface area contributed by atoms with Crippen LogP contribution in [-0.2, 0) is 4.79 Å². The number of hydrogen-bond donors (Lipinski definition) is 2. The molecule has 0 radical (unpaired) electrons. The third-order valence-electron chi connectivity index (χ3n) is 3.36. The van der Waals surface area contributed by atoms with Crippen molar-refractivity contribution in [3.8, 4) is 0 Å². The number of amides is 1. The SMILES string of the molecule is CNCCC(=O)NCC1(C(C)C)CC1. The summed E-state index contributed by atoms with van der Waals surface area (Å²) in [6.07, 6.45) is 3.14. The van der Waals surface area contributed by atoms with Crippen LogP contribution in [0.3, 0.4) is 0 Å². The van der Waals surface area contributed by atoms with Gasteiger partial charge in [-0.2, -0.15) is 0 Å². The lowest BCUT2D eigenvalue weighted by atomic mass is 9.92. The van der Waals surface area contributed by atoms with E-state index in [2.05, 4.69) is 24.5 Å². The van der Waals surface area contributed by atoms with Gasteiger partial charge >= 0.3 is 0 Å². The van der Waals surface area contributed by atoms with Gasteiger partial charge in [-0.3, -0.25) is 4.79 Å². The van der Waals surface area contributed by atoms with E-state index in [-0.39, 0.29) is 5.91 Å². The molecule has 0 spiro atoms. The largest absolute Gasteiger partial charge is 0.355 e. The Morgan fingerprint density at radius 3 is 2.50 bits per heavy atom. The predicted molar refractivity (Wildman–Crippen MR) is 58.1 cm³/mol. The lowest BCUT2D eigenvalue weighted by Gasteiger charge is -2.19. The van der Waals surface area contributed by atoms with Gasteiger partial charge in [0.05, 0.1) is 0 Å². The lowest BCUT2D eigenvalue weighted by molar-refractivity contribution is -0.121. The molecular weight excluding hydrogens is 176 g/mol. The second-order valence-electron chi connectivity index (χ2n) is 4.65. The summed E-state index contributed by atoms with van der Waals surface area (Å²) < 4.78 is 0. The smallest absolute Gasteiger partial charge is 0.221 e. The number of nitrogens with one attached hydrogen (secondary N) is 2. The minimum atomic E-state index is 0.172. The fourth-order valence-electron chi connectivity index (χ4n) is 1.72. The molecule has 0 aromatic heterocycles. The van der Waals surface area contributed by atoms with Gasteiger partial charge in [-0.15, -0.1) is 0 Å². The summed E-state index contributed by atoms with van der Waals surface area (Å²) in [6, 6.07) is 0. The van der Waals surface area contributed by atoms with Crippen LogP contribution in [0.15, 0.2) is 0 Å². The summed E-state index contributed by atoms with van der Waals surface area (Å²) >= 11 is 0. The number of rotatable bonds is 6. The molecular formula is C11H22N2O. The van der Waals surface area contributed by atoms with E-state index in [9.17, 15) is 4.79 Å². The van der Waals surface area contributed by atoms with Gasteiger partial charge in [-0.1, -0.05) is 13.8 Å². The predicted octanol–water partition coefficient (Wildman–Crippen LogP) is 1.15. The molecule has 0 saturated heterocycles. The summed E-state index contributed by atoms with van der Waals surface area (Å²) in [6.45, 7) is 6.12. The van der Waals surface area contributed by atoms with E-state index < -0.39 is 0 Å². The second-order valence-corrected chi connectivity index (χ2v) is 4.65. The van der Waals surface area contributed by atoms with Gasteiger partial charge in [-0.05, 0) is 31.2 Å². The Bertz CT molecular complexity index is 197. The summed E-state index contributed by atoms with van der Waals surface area (Å²) in [4.78, 5) is 11.3. The van der Waals surface area contributed by atoms with Gasteiger partial charge in [0.1, 0.15) is 0 Å². The zero-order valence-electron chi connectivity index (χ0n) is 9.52.